The molecule has 0 spiro atoms. The highest BCUT2D eigenvalue weighted by atomic mass is 31.3. The quantitative estimate of drug-likeness (QED) is 0.0566. The van der Waals surface area contributed by atoms with Crippen LogP contribution in [0.3, 0.4) is 0 Å². The Bertz CT molecular complexity index is 1960. The lowest BCUT2D eigenvalue weighted by Gasteiger charge is -2.20. The van der Waals surface area contributed by atoms with E-state index in [1.54, 1.807) is 0 Å². The van der Waals surface area contributed by atoms with Crippen molar-refractivity contribution in [3.63, 3.8) is 0 Å². The molecule has 2 fully saturated rings. The van der Waals surface area contributed by atoms with Gasteiger partial charge in [-0.05, 0) is 11.6 Å². The van der Waals surface area contributed by atoms with Gasteiger partial charge in [0.2, 0.25) is 0 Å². The molecular formula is C28H34N7O14P2+. The summed E-state index contributed by atoms with van der Waals surface area (Å²) >= 11 is 0. The minimum absolute atomic E-state index is 0.0704. The van der Waals surface area contributed by atoms with Gasteiger partial charge in [-0.2, -0.15) is 8.88 Å². The highest BCUT2D eigenvalue weighted by Crippen LogP contribution is 2.60. The van der Waals surface area contributed by atoms with E-state index >= 15 is 0 Å². The van der Waals surface area contributed by atoms with E-state index in [-0.39, 0.29) is 11.2 Å². The Labute approximate surface area is 288 Å². The molecule has 4 aromatic rings. The van der Waals surface area contributed by atoms with E-state index in [1.165, 1.54) is 46.3 Å². The number of fused-ring (bicyclic) bond motifs is 1. The second-order valence-corrected chi connectivity index (χ2v) is 14.5. The maximum Gasteiger partial charge on any atom is 0.481 e. The Morgan fingerprint density at radius 2 is 1.57 bits per heavy atom. The van der Waals surface area contributed by atoms with Crippen LogP contribution in [0.2, 0.25) is 0 Å². The van der Waals surface area contributed by atoms with E-state index in [9.17, 15) is 44.1 Å². The van der Waals surface area contributed by atoms with Gasteiger partial charge in [-0.1, -0.05) is 30.3 Å². The number of hydrogen-bond acceptors (Lipinski definition) is 16. The molecule has 0 aliphatic carbocycles. The molecule has 0 saturated carbocycles. The Kier molecular flexibility index (Phi) is 10.9. The zero-order valence-electron chi connectivity index (χ0n) is 26.2. The fourth-order valence-corrected chi connectivity index (χ4v) is 7.56. The number of carbonyl (C=O) groups is 1. The number of rotatable bonds is 14. The summed E-state index contributed by atoms with van der Waals surface area (Å²) in [5.74, 6) is -0.372. The van der Waals surface area contributed by atoms with E-state index in [2.05, 4.69) is 24.6 Å². The smallest absolute Gasteiger partial charge is 0.387 e. The maximum atomic E-state index is 12.6. The van der Waals surface area contributed by atoms with Crippen LogP contribution < -0.4 is 15.6 Å². The number of nitrogens with two attached hydrogens (primary N) is 1. The molecule has 6 rings (SSSR count). The average molecular weight is 755 g/mol. The largest absolute Gasteiger partial charge is 0.481 e. The molecule has 274 valence electrons. The summed E-state index contributed by atoms with van der Waals surface area (Å²) in [5.41, 5.74) is 6.89. The van der Waals surface area contributed by atoms with Gasteiger partial charge in [-0.15, -0.1) is 0 Å². The summed E-state index contributed by atoms with van der Waals surface area (Å²) in [5, 5.41) is 45.4. The highest BCUT2D eigenvalue weighted by Gasteiger charge is 2.50. The monoisotopic (exact) mass is 754 g/mol. The molecule has 2 unspecified atom stereocenters. The number of pyridine rings is 1. The van der Waals surface area contributed by atoms with Crippen molar-refractivity contribution >= 4 is 38.5 Å². The molecule has 0 radical (unpaired) electrons. The number of nitrogens with zero attached hydrogens (tertiary/aromatic N) is 5. The summed E-state index contributed by atoms with van der Waals surface area (Å²) in [6.07, 6.45) is -6.67. The zero-order valence-corrected chi connectivity index (χ0v) is 28.0. The summed E-state index contributed by atoms with van der Waals surface area (Å²) < 4.78 is 52.8. The normalized spacial score (nSPS) is 28.7. The van der Waals surface area contributed by atoms with E-state index in [0.717, 1.165) is 5.56 Å². The van der Waals surface area contributed by atoms with E-state index in [4.69, 9.17) is 24.3 Å². The third-order valence-corrected chi connectivity index (χ3v) is 10.6. The molecule has 21 nitrogen and oxygen atoms in total. The van der Waals surface area contributed by atoms with Gasteiger partial charge in [0.1, 0.15) is 42.4 Å². The third-order valence-electron chi connectivity index (χ3n) is 8.02. The first-order chi connectivity index (χ1) is 24.2. The van der Waals surface area contributed by atoms with Crippen LogP contribution in [0.15, 0.2) is 67.5 Å². The van der Waals surface area contributed by atoms with Crippen LogP contribution in [0, 0.1) is 0 Å². The van der Waals surface area contributed by atoms with Gasteiger partial charge >= 0.3 is 15.6 Å². The molecule has 51 heavy (non-hydrogen) atoms. The van der Waals surface area contributed by atoms with Gasteiger partial charge in [0.25, 0.3) is 12.1 Å². The van der Waals surface area contributed by atoms with Crippen LogP contribution in [0.25, 0.3) is 11.2 Å². The SMILES string of the molecule is NC(=O)c1ccc[n+]([C@@H]2O[C@H](COP(=O)(O)OP(=O)(O)OC[C@H]3O[C@@H](n4cnc5c(NCc6ccccc6)ncnc54)[C@H](O)[C@@H]3O)[C@@H](O)[C@H]2O)c1. The molecule has 0 bridgehead atoms. The van der Waals surface area contributed by atoms with Crippen molar-refractivity contribution in [3.8, 4) is 0 Å². The number of phosphoric acid groups is 2. The van der Waals surface area contributed by atoms with E-state index in [0.29, 0.717) is 17.9 Å². The molecule has 1 aromatic carbocycles. The van der Waals surface area contributed by atoms with Crippen molar-refractivity contribution in [2.45, 2.75) is 55.6 Å². The van der Waals surface area contributed by atoms with Crippen LogP contribution in [-0.4, -0.2) is 105 Å². The molecule has 23 heteroatoms. The van der Waals surface area contributed by atoms with E-state index in [1.807, 2.05) is 30.3 Å². The van der Waals surface area contributed by atoms with Gasteiger partial charge in [0.05, 0.1) is 19.5 Å². The molecule has 2 aliphatic rings. The molecule has 9 N–H and O–H groups in total. The topological polar surface area (TPSA) is 304 Å². The Balaban J connectivity index is 1.03. The van der Waals surface area contributed by atoms with Crippen LogP contribution >= 0.6 is 15.6 Å². The summed E-state index contributed by atoms with van der Waals surface area (Å²) in [4.78, 5) is 44.5. The van der Waals surface area contributed by atoms with Crippen molar-refractivity contribution in [3.05, 3.63) is 78.6 Å². The number of aromatic nitrogens is 5. The average Bonchev–Trinajstić information content (AvgIpc) is 3.75. The molecule has 10 atom stereocenters. The number of phosphoric ester groups is 2. The van der Waals surface area contributed by atoms with E-state index < -0.39 is 83.8 Å². The maximum absolute atomic E-state index is 12.6. The molecule has 2 saturated heterocycles. The van der Waals surface area contributed by atoms with Gasteiger partial charge in [-0.25, -0.2) is 24.1 Å². The predicted octanol–water partition coefficient (Wildman–Crippen LogP) is -0.986. The van der Waals surface area contributed by atoms with Crippen molar-refractivity contribution < 1.29 is 71.5 Å². The number of ether oxygens (including phenoxy) is 2. The fraction of sp³-hybridized carbons (Fsp3) is 0.393. The predicted molar refractivity (Wildman–Crippen MR) is 169 cm³/mol. The number of nitrogens with one attached hydrogen (secondary N) is 1. The molecule has 3 aromatic heterocycles. The summed E-state index contributed by atoms with van der Waals surface area (Å²) in [6.45, 7) is -1.36. The number of amides is 1. The van der Waals surface area contributed by atoms with Gasteiger partial charge in [0, 0.05) is 12.6 Å². The standard InChI is InChI=1S/C28H33N7O14P2/c29-24(40)16-7-4-8-34(10-16)27-22(38)20(36)17(47-27)11-45-50(41,42)49-51(43,44)46-12-18-21(37)23(39)28(48-18)35-14-33-19-25(31-13-32-26(19)35)30-9-15-5-2-1-3-6-15/h1-8,10,13-14,17-18,20-23,27-28,36-39H,9,11-12H2,(H4-,29,30,31,32,40,41,42,43,44)/p+1/t17-,18-,20-,21-,22-,23-,27-,28-/m1/s1. The first-order valence-corrected chi connectivity index (χ1v) is 18.2. The van der Waals surface area contributed by atoms with Gasteiger partial charge < -0.3 is 50.7 Å². The first-order valence-electron chi connectivity index (χ1n) is 15.2. The molecule has 5 heterocycles. The lowest BCUT2D eigenvalue weighted by molar-refractivity contribution is -0.765. The van der Waals surface area contributed by atoms with Crippen molar-refractivity contribution in [1.29, 1.82) is 0 Å². The second-order valence-electron chi connectivity index (χ2n) is 11.5. The lowest BCUT2D eigenvalue weighted by atomic mass is 10.1. The number of anilines is 1. The van der Waals surface area contributed by atoms with Crippen LogP contribution in [-0.2, 0) is 38.5 Å². The fourth-order valence-electron chi connectivity index (χ4n) is 5.47. The Morgan fingerprint density at radius 3 is 2.25 bits per heavy atom. The molecule has 2 aliphatic heterocycles. The third kappa shape index (κ3) is 8.32. The van der Waals surface area contributed by atoms with Crippen molar-refractivity contribution in [2.75, 3.05) is 18.5 Å². The molecular weight excluding hydrogens is 720 g/mol. The number of imidazole rings is 1. The second kappa shape index (κ2) is 15.1. The minimum atomic E-state index is -5.39. The number of benzene rings is 1. The highest BCUT2D eigenvalue weighted by molar-refractivity contribution is 7.61. The first kappa shape index (κ1) is 37.0. The molecule has 1 amide bonds. The van der Waals surface area contributed by atoms with Crippen LogP contribution in [0.1, 0.15) is 28.4 Å². The number of aliphatic hydroxyl groups is 4. The summed E-state index contributed by atoms with van der Waals surface area (Å²) in [7, 11) is -10.8. The number of hydrogen-bond donors (Lipinski definition) is 8. The van der Waals surface area contributed by atoms with Gasteiger partial charge in [-0.3, -0.25) is 18.4 Å². The van der Waals surface area contributed by atoms with Crippen molar-refractivity contribution in [1.82, 2.24) is 19.5 Å². The summed E-state index contributed by atoms with van der Waals surface area (Å²) in [6, 6.07) is 12.4. The number of carbonyl (C=O) groups excluding carboxylic acids is 1. The Hall–Kier alpha value is -3.79. The number of aliphatic hydroxyl groups excluding tert-OH is 4. The van der Waals surface area contributed by atoms with Crippen LogP contribution in [0.5, 0.6) is 0 Å². The Morgan fingerprint density at radius 1 is 0.902 bits per heavy atom. The van der Waals surface area contributed by atoms with Gasteiger partial charge in [0.15, 0.2) is 41.7 Å². The minimum Gasteiger partial charge on any atom is -0.387 e. The lowest BCUT2D eigenvalue weighted by Crippen LogP contribution is -2.46. The number of primary amides is 1. The zero-order chi connectivity index (χ0) is 36.5. The van der Waals surface area contributed by atoms with Crippen molar-refractivity contribution in [2.24, 2.45) is 5.73 Å². The van der Waals surface area contributed by atoms with Crippen LogP contribution in [0.4, 0.5) is 5.82 Å².